The monoisotopic (exact) mass is 467 g/mol. The third-order valence-electron chi connectivity index (χ3n) is 5.55. The van der Waals surface area contributed by atoms with Crippen LogP contribution in [0, 0.1) is 11.6 Å². The number of fused-ring (bicyclic) bond motifs is 1. The van der Waals surface area contributed by atoms with Crippen LogP contribution in [0.2, 0.25) is 0 Å². The molecule has 3 N–H and O–H groups in total. The van der Waals surface area contributed by atoms with Gasteiger partial charge in [-0.3, -0.25) is 9.78 Å². The van der Waals surface area contributed by atoms with E-state index in [1.54, 1.807) is 6.20 Å². The molecule has 0 radical (unpaired) electrons. The maximum Gasteiger partial charge on any atom is 0.274 e. The number of amides is 1. The van der Waals surface area contributed by atoms with Crippen molar-refractivity contribution in [3.8, 4) is 22.5 Å². The Morgan fingerprint density at radius 3 is 2.34 bits per heavy atom. The molecule has 0 aliphatic heterocycles. The van der Waals surface area contributed by atoms with Crippen molar-refractivity contribution in [1.29, 1.82) is 0 Å². The van der Waals surface area contributed by atoms with Gasteiger partial charge >= 0.3 is 0 Å². The fourth-order valence-corrected chi connectivity index (χ4v) is 3.79. The molecule has 0 atom stereocenters. The van der Waals surface area contributed by atoms with Crippen LogP contribution in [0.15, 0.2) is 85.1 Å². The molecule has 172 valence electrons. The summed E-state index contributed by atoms with van der Waals surface area (Å²) in [6.07, 6.45) is 1.71. The van der Waals surface area contributed by atoms with E-state index in [4.69, 9.17) is 5.73 Å². The third kappa shape index (κ3) is 4.41. The molecule has 8 heteroatoms. The molecule has 6 nitrogen and oxygen atoms in total. The Morgan fingerprint density at radius 2 is 1.57 bits per heavy atom. The number of hydrogen-bond acceptors (Lipinski definition) is 5. The predicted octanol–water partition coefficient (Wildman–Crippen LogP) is 5.15. The molecule has 2 heterocycles. The molecule has 0 unspecified atom stereocenters. The first-order valence-corrected chi connectivity index (χ1v) is 10.8. The van der Waals surface area contributed by atoms with E-state index in [-0.39, 0.29) is 23.6 Å². The molecular weight excluding hydrogens is 448 g/mol. The zero-order chi connectivity index (χ0) is 24.4. The summed E-state index contributed by atoms with van der Waals surface area (Å²) in [6.45, 7) is -0.365. The van der Waals surface area contributed by atoms with Crippen molar-refractivity contribution < 1.29 is 13.6 Å². The van der Waals surface area contributed by atoms with Crippen molar-refractivity contribution >= 4 is 22.6 Å². The molecule has 35 heavy (non-hydrogen) atoms. The van der Waals surface area contributed by atoms with Gasteiger partial charge in [-0.05, 0) is 30.3 Å². The van der Waals surface area contributed by atoms with E-state index in [1.165, 1.54) is 6.07 Å². The van der Waals surface area contributed by atoms with Crippen LogP contribution >= 0.6 is 0 Å². The summed E-state index contributed by atoms with van der Waals surface area (Å²) in [5, 5.41) is 3.39. The summed E-state index contributed by atoms with van der Waals surface area (Å²) in [6, 6.07) is 22.2. The number of benzene rings is 3. The van der Waals surface area contributed by atoms with Gasteiger partial charge in [-0.25, -0.2) is 18.7 Å². The van der Waals surface area contributed by atoms with Crippen LogP contribution in [0.4, 0.5) is 14.6 Å². The maximum absolute atomic E-state index is 14.0. The van der Waals surface area contributed by atoms with Gasteiger partial charge in [0, 0.05) is 34.8 Å². The van der Waals surface area contributed by atoms with E-state index in [1.807, 2.05) is 60.7 Å². The van der Waals surface area contributed by atoms with Crippen LogP contribution < -0.4 is 11.1 Å². The minimum atomic E-state index is -0.755. The molecular formula is C27H19F2N5O. The predicted molar refractivity (Wildman–Crippen MR) is 130 cm³/mol. The molecule has 5 rings (SSSR count). The van der Waals surface area contributed by atoms with Crippen LogP contribution in [-0.4, -0.2) is 20.9 Å². The number of nitrogens with zero attached hydrogens (tertiary/aromatic N) is 3. The fraction of sp³-hybridized carbons (Fsp3) is 0.0370. The summed E-state index contributed by atoms with van der Waals surface area (Å²) < 4.78 is 28.0. The molecule has 0 saturated carbocycles. The molecule has 0 saturated heterocycles. The Morgan fingerprint density at radius 1 is 0.829 bits per heavy atom. The highest BCUT2D eigenvalue weighted by Gasteiger charge is 2.21. The topological polar surface area (TPSA) is 93.8 Å². The number of nitrogen functional groups attached to an aromatic ring is 1. The van der Waals surface area contributed by atoms with E-state index in [9.17, 15) is 13.6 Å². The third-order valence-corrected chi connectivity index (χ3v) is 5.55. The van der Waals surface area contributed by atoms with Gasteiger partial charge in [-0.15, -0.1) is 0 Å². The molecule has 0 spiro atoms. The number of pyridine rings is 1. The lowest BCUT2D eigenvalue weighted by atomic mass is 10.0. The quantitative estimate of drug-likeness (QED) is 0.373. The van der Waals surface area contributed by atoms with Crippen molar-refractivity contribution in [3.63, 3.8) is 0 Å². The number of carbonyl (C=O) groups is 1. The van der Waals surface area contributed by atoms with Gasteiger partial charge in [0.1, 0.15) is 11.6 Å². The molecule has 0 aliphatic rings. The number of hydrogen-bond donors (Lipinski definition) is 2. The number of rotatable bonds is 5. The molecule has 0 fully saturated rings. The van der Waals surface area contributed by atoms with E-state index >= 15 is 0 Å². The zero-order valence-electron chi connectivity index (χ0n) is 18.4. The minimum Gasteiger partial charge on any atom is -0.382 e. The van der Waals surface area contributed by atoms with Crippen LogP contribution in [0.3, 0.4) is 0 Å². The average Bonchev–Trinajstić information content (AvgIpc) is 2.88. The second-order valence-electron chi connectivity index (χ2n) is 7.81. The summed E-state index contributed by atoms with van der Waals surface area (Å²) >= 11 is 0. The number of anilines is 1. The van der Waals surface area contributed by atoms with Gasteiger partial charge in [-0.2, -0.15) is 0 Å². The van der Waals surface area contributed by atoms with E-state index < -0.39 is 17.5 Å². The van der Waals surface area contributed by atoms with E-state index in [0.717, 1.165) is 28.6 Å². The minimum absolute atomic E-state index is 0.0958. The van der Waals surface area contributed by atoms with Gasteiger partial charge in [0.15, 0.2) is 11.5 Å². The summed E-state index contributed by atoms with van der Waals surface area (Å²) in [5.41, 5.74) is 8.99. The Bertz CT molecular complexity index is 1540. The molecule has 0 aliphatic carbocycles. The highest BCUT2D eigenvalue weighted by molar-refractivity contribution is 5.98. The molecule has 2 aromatic heterocycles. The number of aromatic nitrogens is 3. The lowest BCUT2D eigenvalue weighted by Crippen LogP contribution is -2.26. The van der Waals surface area contributed by atoms with Crippen molar-refractivity contribution in [2.45, 2.75) is 6.54 Å². The lowest BCUT2D eigenvalue weighted by Gasteiger charge is -2.14. The molecule has 3 aromatic carbocycles. The van der Waals surface area contributed by atoms with Gasteiger partial charge in [0.2, 0.25) is 0 Å². The molecule has 5 aromatic rings. The standard InChI is InChI=1S/C27H19F2N5O/c28-20-9-4-10-21(29)19(20)15-32-27(35)25-26(30)34-23(16-6-2-1-3-7-16)24(33-25)18-11-12-22-17(14-18)8-5-13-31-22/h1-14H,15H2,(H2,30,34)(H,32,35). The molecule has 1 amide bonds. The Balaban J connectivity index is 1.58. The lowest BCUT2D eigenvalue weighted by molar-refractivity contribution is 0.0946. The van der Waals surface area contributed by atoms with Crippen LogP contribution in [0.5, 0.6) is 0 Å². The van der Waals surface area contributed by atoms with Crippen LogP contribution in [0.1, 0.15) is 16.1 Å². The van der Waals surface area contributed by atoms with Gasteiger partial charge in [0.05, 0.1) is 16.9 Å². The van der Waals surface area contributed by atoms with Crippen molar-refractivity contribution in [1.82, 2.24) is 20.3 Å². The fourth-order valence-electron chi connectivity index (χ4n) is 3.79. The highest BCUT2D eigenvalue weighted by Crippen LogP contribution is 2.32. The summed E-state index contributed by atoms with van der Waals surface area (Å²) in [5.74, 6) is -2.30. The Hall–Kier alpha value is -4.72. The van der Waals surface area contributed by atoms with E-state index in [0.29, 0.717) is 17.0 Å². The van der Waals surface area contributed by atoms with Crippen LogP contribution in [-0.2, 0) is 6.54 Å². The Kier molecular flexibility index (Phi) is 5.85. The highest BCUT2D eigenvalue weighted by atomic mass is 19.1. The van der Waals surface area contributed by atoms with Crippen molar-refractivity contribution in [2.24, 2.45) is 0 Å². The smallest absolute Gasteiger partial charge is 0.274 e. The maximum atomic E-state index is 14.0. The normalized spacial score (nSPS) is 10.9. The van der Waals surface area contributed by atoms with Crippen LogP contribution in [0.25, 0.3) is 33.4 Å². The number of nitrogens with two attached hydrogens (primary N) is 1. The molecule has 0 bridgehead atoms. The average molecular weight is 467 g/mol. The Labute approximate surface area is 199 Å². The van der Waals surface area contributed by atoms with Crippen molar-refractivity contribution in [2.75, 3.05) is 5.73 Å². The first kappa shape index (κ1) is 22.1. The second kappa shape index (κ2) is 9.26. The largest absolute Gasteiger partial charge is 0.382 e. The van der Waals surface area contributed by atoms with Crippen molar-refractivity contribution in [3.05, 3.63) is 108 Å². The summed E-state index contributed by atoms with van der Waals surface area (Å²) in [4.78, 5) is 26.4. The zero-order valence-corrected chi connectivity index (χ0v) is 18.4. The first-order valence-electron chi connectivity index (χ1n) is 10.8. The second-order valence-corrected chi connectivity index (χ2v) is 7.81. The first-order chi connectivity index (χ1) is 17.0. The SMILES string of the molecule is Nc1nc(-c2ccccc2)c(-c2ccc3ncccc3c2)nc1C(=O)NCc1c(F)cccc1F. The number of carbonyl (C=O) groups excluding carboxylic acids is 1. The van der Waals surface area contributed by atoms with Gasteiger partial charge < -0.3 is 11.1 Å². The number of halogens is 2. The number of nitrogens with one attached hydrogen (secondary N) is 1. The van der Waals surface area contributed by atoms with Gasteiger partial charge in [0.25, 0.3) is 5.91 Å². The van der Waals surface area contributed by atoms with E-state index in [2.05, 4.69) is 20.3 Å². The summed E-state index contributed by atoms with van der Waals surface area (Å²) in [7, 11) is 0. The van der Waals surface area contributed by atoms with Gasteiger partial charge in [-0.1, -0.05) is 48.5 Å².